The molecule has 0 radical (unpaired) electrons. The minimum absolute atomic E-state index is 0.249. The summed E-state index contributed by atoms with van der Waals surface area (Å²) in [5.41, 5.74) is 0.786. The first-order chi connectivity index (χ1) is 6.56. The number of nitrogens with zero attached hydrogens (tertiary/aromatic N) is 1. The Balaban J connectivity index is 2.62. The molecule has 1 N–H and O–H groups in total. The molecule has 0 fully saturated rings. The first kappa shape index (κ1) is 11.2. The summed E-state index contributed by atoms with van der Waals surface area (Å²) in [5.74, 6) is -0.249. The first-order valence-corrected chi connectivity index (χ1v) is 5.73. The van der Waals surface area contributed by atoms with Gasteiger partial charge in [-0.25, -0.2) is 12.7 Å². The van der Waals surface area contributed by atoms with Gasteiger partial charge in [0.2, 0.25) is 10.0 Å². The van der Waals surface area contributed by atoms with Crippen molar-refractivity contribution >= 4 is 10.0 Å². The van der Waals surface area contributed by atoms with E-state index in [2.05, 4.69) is 0 Å². The summed E-state index contributed by atoms with van der Waals surface area (Å²) in [6.45, 7) is -0.100. The lowest BCUT2D eigenvalue weighted by Gasteiger charge is -2.14. The van der Waals surface area contributed by atoms with E-state index in [0.29, 0.717) is 0 Å². The van der Waals surface area contributed by atoms with E-state index in [1.54, 1.807) is 6.07 Å². The van der Waals surface area contributed by atoms with E-state index in [1.165, 1.54) is 23.9 Å². The zero-order chi connectivity index (χ0) is 10.6. The second-order valence-corrected chi connectivity index (χ2v) is 5.12. The highest BCUT2D eigenvalue weighted by Gasteiger charge is 2.17. The van der Waals surface area contributed by atoms with Gasteiger partial charge in [-0.05, 0) is 6.07 Å². The third-order valence-corrected chi connectivity index (χ3v) is 3.59. The molecule has 5 nitrogen and oxygen atoms in total. The summed E-state index contributed by atoms with van der Waals surface area (Å²) < 4.78 is 28.8. The molecule has 0 bridgehead atoms. The molecule has 1 rings (SSSR count). The van der Waals surface area contributed by atoms with Crippen LogP contribution >= 0.6 is 0 Å². The Kier molecular flexibility index (Phi) is 3.68. The molecule has 1 aromatic heterocycles. The molecule has 0 aliphatic rings. The maximum Gasteiger partial charge on any atom is 0.216 e. The fourth-order valence-electron chi connectivity index (χ4n) is 1.01. The SMILES string of the molecule is CN(Cc1ccoc1)S(=O)(=O)CCO. The van der Waals surface area contributed by atoms with Crippen molar-refractivity contribution in [3.05, 3.63) is 24.2 Å². The first-order valence-electron chi connectivity index (χ1n) is 4.12. The lowest BCUT2D eigenvalue weighted by Crippen LogP contribution is -2.29. The fraction of sp³-hybridized carbons (Fsp3) is 0.500. The summed E-state index contributed by atoms with van der Waals surface area (Å²) in [4.78, 5) is 0. The molecule has 0 unspecified atom stereocenters. The molecular formula is C8H13NO4S. The molecule has 0 saturated heterocycles. The van der Waals surface area contributed by atoms with Gasteiger partial charge < -0.3 is 9.52 Å². The summed E-state index contributed by atoms with van der Waals surface area (Å²) in [6.07, 6.45) is 2.98. The minimum atomic E-state index is -3.34. The van der Waals surface area contributed by atoms with Gasteiger partial charge in [-0.15, -0.1) is 0 Å². The largest absolute Gasteiger partial charge is 0.472 e. The molecule has 80 valence electrons. The van der Waals surface area contributed by atoms with Gasteiger partial charge in [0.25, 0.3) is 0 Å². The summed E-state index contributed by atoms with van der Waals surface area (Å²) in [5, 5.41) is 8.55. The van der Waals surface area contributed by atoms with Crippen LogP contribution in [0.1, 0.15) is 5.56 Å². The third kappa shape index (κ3) is 2.83. The zero-order valence-electron chi connectivity index (χ0n) is 7.88. The van der Waals surface area contributed by atoms with Crippen LogP contribution in [-0.4, -0.2) is 37.2 Å². The normalized spacial score (nSPS) is 12.2. The summed E-state index contributed by atoms with van der Waals surface area (Å²) in [6, 6.07) is 1.70. The maximum atomic E-state index is 11.4. The van der Waals surface area contributed by atoms with Crippen molar-refractivity contribution in [1.82, 2.24) is 4.31 Å². The predicted octanol–water partition coefficient (Wildman–Crippen LogP) is 0.0335. The standard InChI is InChI=1S/C8H13NO4S/c1-9(14(11,12)5-3-10)6-8-2-4-13-7-8/h2,4,7,10H,3,5-6H2,1H3. The van der Waals surface area contributed by atoms with Crippen LogP contribution in [0.3, 0.4) is 0 Å². The average molecular weight is 219 g/mol. The van der Waals surface area contributed by atoms with E-state index >= 15 is 0 Å². The van der Waals surface area contributed by atoms with Crippen molar-refractivity contribution in [3.8, 4) is 0 Å². The molecule has 1 aromatic rings. The number of hydrogen-bond acceptors (Lipinski definition) is 4. The van der Waals surface area contributed by atoms with Crippen LogP contribution in [0.4, 0.5) is 0 Å². The van der Waals surface area contributed by atoms with Crippen LogP contribution in [-0.2, 0) is 16.6 Å². The Bertz CT molecular complexity index is 357. The Morgan fingerprint density at radius 2 is 2.29 bits per heavy atom. The van der Waals surface area contributed by atoms with Crippen LogP contribution in [0.5, 0.6) is 0 Å². The maximum absolute atomic E-state index is 11.4. The van der Waals surface area contributed by atoms with Crippen LogP contribution in [0.25, 0.3) is 0 Å². The second-order valence-electron chi connectivity index (χ2n) is 2.93. The minimum Gasteiger partial charge on any atom is -0.472 e. The summed E-state index contributed by atoms with van der Waals surface area (Å²) in [7, 11) is -1.87. The number of furan rings is 1. The quantitative estimate of drug-likeness (QED) is 0.758. The van der Waals surface area contributed by atoms with Gasteiger partial charge in [-0.1, -0.05) is 0 Å². The van der Waals surface area contributed by atoms with E-state index in [9.17, 15) is 8.42 Å². The molecule has 0 atom stereocenters. The van der Waals surface area contributed by atoms with Gasteiger partial charge in [0.1, 0.15) is 0 Å². The van der Waals surface area contributed by atoms with E-state index in [1.807, 2.05) is 0 Å². The molecule has 1 heterocycles. The van der Waals surface area contributed by atoms with Gasteiger partial charge >= 0.3 is 0 Å². The molecule has 0 aliphatic carbocycles. The molecular weight excluding hydrogens is 206 g/mol. The van der Waals surface area contributed by atoms with Crippen molar-refractivity contribution in [2.75, 3.05) is 19.4 Å². The molecule has 6 heteroatoms. The second kappa shape index (κ2) is 4.59. The lowest BCUT2D eigenvalue weighted by atomic mass is 10.3. The van der Waals surface area contributed by atoms with E-state index in [-0.39, 0.29) is 18.9 Å². The Hall–Kier alpha value is -0.850. The predicted molar refractivity (Wildman–Crippen MR) is 51.0 cm³/mol. The molecule has 0 saturated carbocycles. The van der Waals surface area contributed by atoms with E-state index in [0.717, 1.165) is 5.56 Å². The van der Waals surface area contributed by atoms with Gasteiger partial charge in [0.05, 0.1) is 24.9 Å². The number of hydrogen-bond donors (Lipinski definition) is 1. The molecule has 0 aliphatic heterocycles. The molecule has 0 amide bonds. The Labute approximate surface area is 83.0 Å². The van der Waals surface area contributed by atoms with Crippen LogP contribution < -0.4 is 0 Å². The van der Waals surface area contributed by atoms with E-state index in [4.69, 9.17) is 9.52 Å². The number of sulfonamides is 1. The summed E-state index contributed by atoms with van der Waals surface area (Å²) >= 11 is 0. The van der Waals surface area contributed by atoms with Crippen molar-refractivity contribution in [3.63, 3.8) is 0 Å². The smallest absolute Gasteiger partial charge is 0.216 e. The van der Waals surface area contributed by atoms with Crippen molar-refractivity contribution in [2.24, 2.45) is 0 Å². The highest BCUT2D eigenvalue weighted by Crippen LogP contribution is 2.07. The van der Waals surface area contributed by atoms with Crippen LogP contribution in [0, 0.1) is 0 Å². The van der Waals surface area contributed by atoms with Gasteiger partial charge in [-0.2, -0.15) is 0 Å². The third-order valence-electron chi connectivity index (χ3n) is 1.81. The Morgan fingerprint density at radius 3 is 2.79 bits per heavy atom. The number of aliphatic hydroxyl groups excluding tert-OH is 1. The highest BCUT2D eigenvalue weighted by molar-refractivity contribution is 7.89. The highest BCUT2D eigenvalue weighted by atomic mass is 32.2. The van der Waals surface area contributed by atoms with Crippen LogP contribution in [0.2, 0.25) is 0 Å². The van der Waals surface area contributed by atoms with Gasteiger partial charge in [-0.3, -0.25) is 0 Å². The van der Waals surface area contributed by atoms with Crippen molar-refractivity contribution in [1.29, 1.82) is 0 Å². The van der Waals surface area contributed by atoms with Gasteiger partial charge in [0.15, 0.2) is 0 Å². The topological polar surface area (TPSA) is 70.8 Å². The molecule has 0 spiro atoms. The van der Waals surface area contributed by atoms with Crippen molar-refractivity contribution in [2.45, 2.75) is 6.54 Å². The molecule has 14 heavy (non-hydrogen) atoms. The fourth-order valence-corrected chi connectivity index (χ4v) is 1.90. The number of aliphatic hydroxyl groups is 1. The van der Waals surface area contributed by atoms with Crippen molar-refractivity contribution < 1.29 is 17.9 Å². The molecule has 0 aromatic carbocycles. The van der Waals surface area contributed by atoms with E-state index < -0.39 is 10.0 Å². The van der Waals surface area contributed by atoms with Crippen LogP contribution in [0.15, 0.2) is 23.0 Å². The number of rotatable bonds is 5. The zero-order valence-corrected chi connectivity index (χ0v) is 8.70. The monoisotopic (exact) mass is 219 g/mol. The Morgan fingerprint density at radius 1 is 1.57 bits per heavy atom. The van der Waals surface area contributed by atoms with Gasteiger partial charge in [0, 0.05) is 19.2 Å². The lowest BCUT2D eigenvalue weighted by molar-refractivity contribution is 0.316. The average Bonchev–Trinajstić information content (AvgIpc) is 2.56.